The Bertz CT molecular complexity index is 380. The maximum Gasteiger partial charge on any atom is 0.113 e. The molecular weight excluding hydrogens is 160 g/mol. The average molecular weight is 172 g/mol. The van der Waals surface area contributed by atoms with Crippen LogP contribution in [0.2, 0.25) is 0 Å². The van der Waals surface area contributed by atoms with Gasteiger partial charge in [-0.05, 0) is 23.6 Å². The van der Waals surface area contributed by atoms with Gasteiger partial charge in [0.15, 0.2) is 0 Å². The van der Waals surface area contributed by atoms with Crippen molar-refractivity contribution in [3.05, 3.63) is 47.5 Å². The molecule has 1 aromatic carbocycles. The highest BCUT2D eigenvalue weighted by Crippen LogP contribution is 2.51. The third-order valence-electron chi connectivity index (χ3n) is 3.13. The van der Waals surface area contributed by atoms with Crippen molar-refractivity contribution in [3.8, 4) is 0 Å². The monoisotopic (exact) mass is 172 g/mol. The maximum absolute atomic E-state index is 5.97. The number of ether oxygens (including phenoxy) is 1. The van der Waals surface area contributed by atoms with E-state index in [1.54, 1.807) is 0 Å². The van der Waals surface area contributed by atoms with E-state index in [1.807, 2.05) is 0 Å². The van der Waals surface area contributed by atoms with Gasteiger partial charge in [0.05, 0.1) is 0 Å². The van der Waals surface area contributed by atoms with Gasteiger partial charge in [-0.15, -0.1) is 0 Å². The molecule has 0 aliphatic carbocycles. The van der Waals surface area contributed by atoms with Gasteiger partial charge in [-0.1, -0.05) is 37.3 Å². The van der Waals surface area contributed by atoms with Crippen molar-refractivity contribution in [3.63, 3.8) is 0 Å². The first-order chi connectivity index (χ1) is 6.36. The van der Waals surface area contributed by atoms with E-state index in [-0.39, 0.29) is 11.7 Å². The van der Waals surface area contributed by atoms with Crippen molar-refractivity contribution >= 4 is 0 Å². The lowest BCUT2D eigenvalue weighted by molar-refractivity contribution is -0.00521. The van der Waals surface area contributed by atoms with Crippen LogP contribution in [0.3, 0.4) is 0 Å². The van der Waals surface area contributed by atoms with Gasteiger partial charge in [0.1, 0.15) is 11.7 Å². The molecule has 3 rings (SSSR count). The summed E-state index contributed by atoms with van der Waals surface area (Å²) in [6.45, 7) is 2.18. The van der Waals surface area contributed by atoms with E-state index in [2.05, 4.69) is 43.3 Å². The van der Waals surface area contributed by atoms with Gasteiger partial charge in [0.2, 0.25) is 0 Å². The lowest BCUT2D eigenvalue weighted by Gasteiger charge is -2.21. The van der Waals surface area contributed by atoms with Crippen LogP contribution in [-0.4, -0.2) is 0 Å². The largest absolute Gasteiger partial charge is 0.354 e. The zero-order valence-corrected chi connectivity index (χ0v) is 7.66. The molecule has 0 aromatic heterocycles. The Morgan fingerprint density at radius 3 is 3.08 bits per heavy atom. The molecule has 0 N–H and O–H groups in total. The molecule has 0 fully saturated rings. The highest BCUT2D eigenvalue weighted by atomic mass is 16.5. The Morgan fingerprint density at radius 1 is 1.38 bits per heavy atom. The molecule has 2 aliphatic heterocycles. The van der Waals surface area contributed by atoms with Gasteiger partial charge in [-0.3, -0.25) is 0 Å². The third-order valence-corrected chi connectivity index (χ3v) is 3.13. The predicted octanol–water partition coefficient (Wildman–Crippen LogP) is 2.93. The second-order valence-electron chi connectivity index (χ2n) is 3.73. The molecule has 2 atom stereocenters. The van der Waals surface area contributed by atoms with Crippen LogP contribution in [0.25, 0.3) is 0 Å². The van der Waals surface area contributed by atoms with Crippen LogP contribution in [0.1, 0.15) is 30.6 Å². The van der Waals surface area contributed by atoms with Gasteiger partial charge in [0, 0.05) is 0 Å². The molecule has 2 heterocycles. The Labute approximate surface area is 78.0 Å². The summed E-state index contributed by atoms with van der Waals surface area (Å²) in [6.07, 6.45) is 5.62. The molecule has 1 aromatic rings. The number of hydrogen-bond acceptors (Lipinski definition) is 1. The second kappa shape index (κ2) is 2.24. The fourth-order valence-electron chi connectivity index (χ4n) is 2.39. The van der Waals surface area contributed by atoms with Gasteiger partial charge >= 0.3 is 0 Å². The highest BCUT2D eigenvalue weighted by molar-refractivity contribution is 5.46. The molecule has 0 radical (unpaired) electrons. The van der Waals surface area contributed by atoms with Gasteiger partial charge < -0.3 is 4.74 Å². The van der Waals surface area contributed by atoms with E-state index in [0.717, 1.165) is 6.42 Å². The SMILES string of the molecule is CC[C@@]12C=C[C@@H](O1)c1ccccc12. The topological polar surface area (TPSA) is 9.23 Å². The van der Waals surface area contributed by atoms with E-state index in [0.29, 0.717) is 0 Å². The molecule has 1 heteroatoms. The van der Waals surface area contributed by atoms with E-state index in [1.165, 1.54) is 11.1 Å². The summed E-state index contributed by atoms with van der Waals surface area (Å²) in [6, 6.07) is 8.53. The lowest BCUT2D eigenvalue weighted by atomic mass is 9.86. The van der Waals surface area contributed by atoms with Crippen LogP contribution < -0.4 is 0 Å². The van der Waals surface area contributed by atoms with Crippen LogP contribution in [-0.2, 0) is 10.3 Å². The Morgan fingerprint density at radius 2 is 2.23 bits per heavy atom. The average Bonchev–Trinajstić information content (AvgIpc) is 2.75. The summed E-state index contributed by atoms with van der Waals surface area (Å²) in [7, 11) is 0. The minimum atomic E-state index is -0.0960. The van der Waals surface area contributed by atoms with E-state index < -0.39 is 0 Å². The molecule has 66 valence electrons. The lowest BCUT2D eigenvalue weighted by Crippen LogP contribution is -2.18. The summed E-state index contributed by atoms with van der Waals surface area (Å²) >= 11 is 0. The molecule has 13 heavy (non-hydrogen) atoms. The normalized spacial score (nSPS) is 33.8. The third kappa shape index (κ3) is 0.755. The van der Waals surface area contributed by atoms with Gasteiger partial charge in [-0.25, -0.2) is 0 Å². The summed E-state index contributed by atoms with van der Waals surface area (Å²) in [5.74, 6) is 0. The number of fused-ring (bicyclic) bond motifs is 5. The summed E-state index contributed by atoms with van der Waals surface area (Å²) in [4.78, 5) is 0. The van der Waals surface area contributed by atoms with E-state index >= 15 is 0 Å². The van der Waals surface area contributed by atoms with Crippen molar-refractivity contribution in [2.75, 3.05) is 0 Å². The van der Waals surface area contributed by atoms with Gasteiger partial charge in [-0.2, -0.15) is 0 Å². The number of rotatable bonds is 1. The molecular formula is C12H12O. The summed E-state index contributed by atoms with van der Waals surface area (Å²) in [5.41, 5.74) is 2.62. The predicted molar refractivity (Wildman–Crippen MR) is 51.4 cm³/mol. The molecule has 0 amide bonds. The van der Waals surface area contributed by atoms with Crippen molar-refractivity contribution < 1.29 is 4.74 Å². The van der Waals surface area contributed by atoms with Crippen molar-refractivity contribution in [1.29, 1.82) is 0 Å². The van der Waals surface area contributed by atoms with Crippen LogP contribution in [0.5, 0.6) is 0 Å². The van der Waals surface area contributed by atoms with Crippen molar-refractivity contribution in [2.45, 2.75) is 25.0 Å². The first kappa shape index (κ1) is 7.34. The number of benzene rings is 1. The smallest absolute Gasteiger partial charge is 0.113 e. The van der Waals surface area contributed by atoms with Gasteiger partial charge in [0.25, 0.3) is 0 Å². The fourth-order valence-corrected chi connectivity index (χ4v) is 2.39. The van der Waals surface area contributed by atoms with Crippen molar-refractivity contribution in [2.24, 2.45) is 0 Å². The molecule has 0 saturated heterocycles. The zero-order chi connectivity index (χ0) is 8.89. The van der Waals surface area contributed by atoms with E-state index in [4.69, 9.17) is 4.74 Å². The molecule has 1 nitrogen and oxygen atoms in total. The minimum absolute atomic E-state index is 0.0960. The maximum atomic E-state index is 5.97. The highest BCUT2D eigenvalue weighted by Gasteiger charge is 2.44. The quantitative estimate of drug-likeness (QED) is 0.592. The van der Waals surface area contributed by atoms with Crippen LogP contribution in [0.15, 0.2) is 36.4 Å². The Balaban J connectivity index is 2.25. The van der Waals surface area contributed by atoms with E-state index in [9.17, 15) is 0 Å². The molecule has 0 spiro atoms. The zero-order valence-electron chi connectivity index (χ0n) is 7.66. The minimum Gasteiger partial charge on any atom is -0.354 e. The van der Waals surface area contributed by atoms with Crippen molar-refractivity contribution in [1.82, 2.24) is 0 Å². The van der Waals surface area contributed by atoms with Crippen LogP contribution >= 0.6 is 0 Å². The molecule has 2 bridgehead atoms. The van der Waals surface area contributed by atoms with Crippen LogP contribution in [0.4, 0.5) is 0 Å². The Kier molecular flexibility index (Phi) is 1.26. The molecule has 2 aliphatic rings. The Hall–Kier alpha value is -1.08. The second-order valence-corrected chi connectivity index (χ2v) is 3.73. The van der Waals surface area contributed by atoms with Crippen LogP contribution in [0, 0.1) is 0 Å². The number of hydrogen-bond donors (Lipinski definition) is 0. The first-order valence-corrected chi connectivity index (χ1v) is 4.82. The summed E-state index contributed by atoms with van der Waals surface area (Å²) in [5, 5.41) is 0. The molecule has 0 unspecified atom stereocenters. The first-order valence-electron chi connectivity index (χ1n) is 4.82. The standard InChI is InChI=1S/C12H12O/c1-2-12-8-7-11(13-12)9-5-3-4-6-10(9)12/h3-8,11H,2H2,1H3/t11-,12+/m1/s1. The fraction of sp³-hybridized carbons (Fsp3) is 0.333. The molecule has 0 saturated carbocycles. The summed E-state index contributed by atoms with van der Waals surface area (Å²) < 4.78 is 5.97.